The third-order valence-electron chi connectivity index (χ3n) is 1.98. The Labute approximate surface area is 89.1 Å². The Hall–Kier alpha value is -0.830. The first kappa shape index (κ1) is 11.2. The zero-order valence-electron chi connectivity index (χ0n) is 8.78. The zero-order valence-corrected chi connectivity index (χ0v) is 9.60. The fourth-order valence-electron chi connectivity index (χ4n) is 1.06. The molecule has 1 rings (SSSR count). The molecule has 0 spiro atoms. The smallest absolute Gasteiger partial charge is 0.145 e. The highest BCUT2D eigenvalue weighted by atomic mass is 32.2. The molecule has 0 bridgehead atoms. The van der Waals surface area contributed by atoms with Crippen LogP contribution in [0.1, 0.15) is 25.8 Å². The Morgan fingerprint density at radius 1 is 1.57 bits per heavy atom. The highest BCUT2D eigenvalue weighted by Gasteiger charge is 2.12. The standard InChI is InChI=1S/C11H15NOS/c1-4-10(13)9(3)14-11-6-5-8(2)7-12-11/h5-7,9H,4H2,1-3H3. The van der Waals surface area contributed by atoms with Crippen molar-refractivity contribution in [3.05, 3.63) is 23.9 Å². The molecule has 0 saturated carbocycles. The average molecular weight is 209 g/mol. The molecule has 0 aromatic carbocycles. The Bertz CT molecular complexity index is 308. The van der Waals surface area contributed by atoms with Gasteiger partial charge in [0.1, 0.15) is 5.78 Å². The third kappa shape index (κ3) is 3.14. The summed E-state index contributed by atoms with van der Waals surface area (Å²) in [5.74, 6) is 0.275. The number of hydrogen-bond acceptors (Lipinski definition) is 3. The van der Waals surface area contributed by atoms with E-state index >= 15 is 0 Å². The van der Waals surface area contributed by atoms with Gasteiger partial charge in [-0.05, 0) is 25.5 Å². The van der Waals surface area contributed by atoms with Crippen LogP contribution >= 0.6 is 11.8 Å². The van der Waals surface area contributed by atoms with E-state index in [1.807, 2.05) is 39.1 Å². The highest BCUT2D eigenvalue weighted by molar-refractivity contribution is 8.00. The van der Waals surface area contributed by atoms with Crippen molar-refractivity contribution in [2.75, 3.05) is 0 Å². The van der Waals surface area contributed by atoms with Crippen LogP contribution in [0.25, 0.3) is 0 Å². The lowest BCUT2D eigenvalue weighted by molar-refractivity contribution is -0.117. The number of aryl methyl sites for hydroxylation is 1. The molecule has 0 saturated heterocycles. The molecule has 0 aliphatic carbocycles. The van der Waals surface area contributed by atoms with E-state index in [2.05, 4.69) is 4.98 Å². The molecule has 0 aliphatic rings. The molecule has 14 heavy (non-hydrogen) atoms. The second-order valence-electron chi connectivity index (χ2n) is 3.25. The minimum absolute atomic E-state index is 0.00945. The van der Waals surface area contributed by atoms with Gasteiger partial charge in [-0.1, -0.05) is 24.8 Å². The monoisotopic (exact) mass is 209 g/mol. The second-order valence-corrected chi connectivity index (χ2v) is 4.61. The predicted octanol–water partition coefficient (Wildman–Crippen LogP) is 2.85. The maximum atomic E-state index is 11.3. The number of Topliss-reactive ketones (excluding diaryl/α,β-unsaturated/α-hetero) is 1. The van der Waals surface area contributed by atoms with Crippen molar-refractivity contribution in [1.29, 1.82) is 0 Å². The summed E-state index contributed by atoms with van der Waals surface area (Å²) in [5.41, 5.74) is 1.14. The maximum absolute atomic E-state index is 11.3. The van der Waals surface area contributed by atoms with Crippen molar-refractivity contribution in [2.24, 2.45) is 0 Å². The van der Waals surface area contributed by atoms with Gasteiger partial charge in [-0.3, -0.25) is 4.79 Å². The molecule has 0 fully saturated rings. The van der Waals surface area contributed by atoms with Crippen LogP contribution < -0.4 is 0 Å². The fourth-order valence-corrected chi connectivity index (χ4v) is 1.98. The molecule has 0 amide bonds. The number of nitrogens with zero attached hydrogens (tertiary/aromatic N) is 1. The maximum Gasteiger partial charge on any atom is 0.145 e. The summed E-state index contributed by atoms with van der Waals surface area (Å²) in [6, 6.07) is 3.97. The molecule has 1 aromatic heterocycles. The van der Waals surface area contributed by atoms with Crippen molar-refractivity contribution in [2.45, 2.75) is 37.5 Å². The number of pyridine rings is 1. The van der Waals surface area contributed by atoms with Crippen molar-refractivity contribution in [3.63, 3.8) is 0 Å². The van der Waals surface area contributed by atoms with Gasteiger partial charge in [0, 0.05) is 12.6 Å². The zero-order chi connectivity index (χ0) is 10.6. The van der Waals surface area contributed by atoms with Crippen LogP contribution in [0.3, 0.4) is 0 Å². The van der Waals surface area contributed by atoms with Crippen LogP contribution in [0.15, 0.2) is 23.4 Å². The van der Waals surface area contributed by atoms with Crippen LogP contribution in [0.5, 0.6) is 0 Å². The van der Waals surface area contributed by atoms with Gasteiger partial charge >= 0.3 is 0 Å². The molecule has 1 atom stereocenters. The SMILES string of the molecule is CCC(=O)C(C)Sc1ccc(C)cn1. The number of thioether (sulfide) groups is 1. The number of carbonyl (C=O) groups excluding carboxylic acids is 1. The summed E-state index contributed by atoms with van der Waals surface area (Å²) in [4.78, 5) is 15.6. The molecule has 1 heterocycles. The summed E-state index contributed by atoms with van der Waals surface area (Å²) in [7, 11) is 0. The summed E-state index contributed by atoms with van der Waals surface area (Å²) in [6.07, 6.45) is 2.42. The Kier molecular flexibility index (Phi) is 4.14. The van der Waals surface area contributed by atoms with Gasteiger partial charge in [0.25, 0.3) is 0 Å². The van der Waals surface area contributed by atoms with Crippen LogP contribution in [0.4, 0.5) is 0 Å². The van der Waals surface area contributed by atoms with E-state index in [0.717, 1.165) is 10.6 Å². The van der Waals surface area contributed by atoms with Gasteiger partial charge < -0.3 is 0 Å². The topological polar surface area (TPSA) is 30.0 Å². The molecular formula is C11H15NOS. The molecule has 2 nitrogen and oxygen atoms in total. The first-order valence-electron chi connectivity index (χ1n) is 4.75. The van der Waals surface area contributed by atoms with Crippen LogP contribution in [-0.4, -0.2) is 16.0 Å². The van der Waals surface area contributed by atoms with Gasteiger partial charge in [-0.25, -0.2) is 4.98 Å². The van der Waals surface area contributed by atoms with Crippen molar-refractivity contribution >= 4 is 17.5 Å². The van der Waals surface area contributed by atoms with E-state index in [1.165, 1.54) is 11.8 Å². The van der Waals surface area contributed by atoms with E-state index in [1.54, 1.807) is 0 Å². The quantitative estimate of drug-likeness (QED) is 0.714. The van der Waals surface area contributed by atoms with Crippen molar-refractivity contribution < 1.29 is 4.79 Å². The lowest BCUT2D eigenvalue weighted by atomic mass is 10.2. The van der Waals surface area contributed by atoms with Gasteiger partial charge in [-0.15, -0.1) is 0 Å². The van der Waals surface area contributed by atoms with Crippen LogP contribution in [0.2, 0.25) is 0 Å². The second kappa shape index (κ2) is 5.15. The summed E-state index contributed by atoms with van der Waals surface area (Å²) < 4.78 is 0. The first-order valence-corrected chi connectivity index (χ1v) is 5.63. The summed E-state index contributed by atoms with van der Waals surface area (Å²) >= 11 is 1.52. The first-order chi connectivity index (χ1) is 6.63. The number of aromatic nitrogens is 1. The molecule has 0 radical (unpaired) electrons. The van der Waals surface area contributed by atoms with Gasteiger partial charge in [0.15, 0.2) is 0 Å². The van der Waals surface area contributed by atoms with Crippen LogP contribution in [-0.2, 0) is 4.79 Å². The predicted molar refractivity (Wildman–Crippen MR) is 59.6 cm³/mol. The Balaban J connectivity index is 2.60. The lowest BCUT2D eigenvalue weighted by Gasteiger charge is -2.07. The minimum atomic E-state index is 0.00945. The summed E-state index contributed by atoms with van der Waals surface area (Å²) in [5, 5.41) is 0.931. The number of carbonyl (C=O) groups is 1. The van der Waals surface area contributed by atoms with E-state index < -0.39 is 0 Å². The number of hydrogen-bond donors (Lipinski definition) is 0. The molecule has 3 heteroatoms. The average Bonchev–Trinajstić information content (AvgIpc) is 2.20. The molecule has 0 N–H and O–H groups in total. The molecular weight excluding hydrogens is 194 g/mol. The van der Waals surface area contributed by atoms with Gasteiger partial charge in [0.05, 0.1) is 10.3 Å². The van der Waals surface area contributed by atoms with E-state index in [0.29, 0.717) is 6.42 Å². The van der Waals surface area contributed by atoms with Crippen molar-refractivity contribution in [3.8, 4) is 0 Å². The number of ketones is 1. The van der Waals surface area contributed by atoms with Gasteiger partial charge in [-0.2, -0.15) is 0 Å². The van der Waals surface area contributed by atoms with E-state index in [-0.39, 0.29) is 11.0 Å². The van der Waals surface area contributed by atoms with E-state index in [9.17, 15) is 4.79 Å². The minimum Gasteiger partial charge on any atom is -0.298 e. The highest BCUT2D eigenvalue weighted by Crippen LogP contribution is 2.22. The van der Waals surface area contributed by atoms with Crippen molar-refractivity contribution in [1.82, 2.24) is 4.98 Å². The van der Waals surface area contributed by atoms with Crippen LogP contribution in [0, 0.1) is 6.92 Å². The summed E-state index contributed by atoms with van der Waals surface area (Å²) in [6.45, 7) is 5.82. The normalized spacial score (nSPS) is 12.5. The molecule has 76 valence electrons. The Morgan fingerprint density at radius 2 is 2.29 bits per heavy atom. The molecule has 1 aromatic rings. The lowest BCUT2D eigenvalue weighted by Crippen LogP contribution is -2.11. The molecule has 0 aliphatic heterocycles. The fraction of sp³-hybridized carbons (Fsp3) is 0.455. The Morgan fingerprint density at radius 3 is 2.79 bits per heavy atom. The van der Waals surface area contributed by atoms with E-state index in [4.69, 9.17) is 0 Å². The molecule has 1 unspecified atom stereocenters. The largest absolute Gasteiger partial charge is 0.298 e. The third-order valence-corrected chi connectivity index (χ3v) is 3.08. The number of rotatable bonds is 4. The van der Waals surface area contributed by atoms with Gasteiger partial charge in [0.2, 0.25) is 0 Å².